The summed E-state index contributed by atoms with van der Waals surface area (Å²) >= 11 is 0. The predicted molar refractivity (Wildman–Crippen MR) is 116 cm³/mol. The van der Waals surface area contributed by atoms with Crippen LogP contribution in [-0.2, 0) is 0 Å². The molecule has 1 aliphatic rings. The number of fused-ring (bicyclic) bond motifs is 1. The van der Waals surface area contributed by atoms with E-state index in [0.29, 0.717) is 11.9 Å². The fourth-order valence-electron chi connectivity index (χ4n) is 3.59. The van der Waals surface area contributed by atoms with Crippen LogP contribution in [0.5, 0.6) is 5.75 Å². The molecule has 1 N–H and O–H groups in total. The molecule has 0 spiro atoms. The molecular formula is C24H22N4O. The quantitative estimate of drug-likeness (QED) is 0.505. The molecule has 29 heavy (non-hydrogen) atoms. The molecule has 144 valence electrons. The van der Waals surface area contributed by atoms with Crippen molar-refractivity contribution in [3.05, 3.63) is 67.0 Å². The lowest BCUT2D eigenvalue weighted by Crippen LogP contribution is -2.27. The van der Waals surface area contributed by atoms with Crippen LogP contribution < -0.4 is 10.1 Å². The third-order valence-corrected chi connectivity index (χ3v) is 5.46. The number of hydrogen-bond donors (Lipinski definition) is 1. The second-order valence-corrected chi connectivity index (χ2v) is 7.37. The lowest BCUT2D eigenvalue weighted by molar-refractivity contribution is 0.415. The standard InChI is InChI=1S/C24H22N4O/c1-29-20-9-2-5-16(13-20)17-10-11-22-21(14-17)24(26-19-7-3-8-19)28-23(27-22)18-6-4-12-25-15-18/h2,4-6,9-15,19H,3,7-8H2,1H3,(H,26,27,28). The van der Waals surface area contributed by atoms with E-state index in [-0.39, 0.29) is 0 Å². The molecule has 0 aliphatic heterocycles. The van der Waals surface area contributed by atoms with E-state index < -0.39 is 0 Å². The number of aromatic nitrogens is 3. The Balaban J connectivity index is 1.64. The highest BCUT2D eigenvalue weighted by atomic mass is 16.5. The van der Waals surface area contributed by atoms with Gasteiger partial charge in [-0.2, -0.15) is 0 Å². The third kappa shape index (κ3) is 3.51. The normalized spacial score (nSPS) is 13.8. The van der Waals surface area contributed by atoms with Crippen LogP contribution in [-0.4, -0.2) is 28.1 Å². The van der Waals surface area contributed by atoms with Crippen molar-refractivity contribution in [3.63, 3.8) is 0 Å². The van der Waals surface area contributed by atoms with Crippen LogP contribution in [0.4, 0.5) is 5.82 Å². The van der Waals surface area contributed by atoms with E-state index in [9.17, 15) is 0 Å². The molecule has 2 aromatic carbocycles. The summed E-state index contributed by atoms with van der Waals surface area (Å²) in [5.41, 5.74) is 4.07. The number of ether oxygens (including phenoxy) is 1. The maximum Gasteiger partial charge on any atom is 0.163 e. The highest BCUT2D eigenvalue weighted by molar-refractivity contribution is 5.94. The summed E-state index contributed by atoms with van der Waals surface area (Å²) in [5.74, 6) is 2.43. The zero-order valence-corrected chi connectivity index (χ0v) is 16.3. The van der Waals surface area contributed by atoms with E-state index in [1.165, 1.54) is 19.3 Å². The molecule has 1 saturated carbocycles. The van der Waals surface area contributed by atoms with Crippen molar-refractivity contribution < 1.29 is 4.74 Å². The Morgan fingerprint density at radius 1 is 0.931 bits per heavy atom. The molecule has 1 aliphatic carbocycles. The first-order valence-electron chi connectivity index (χ1n) is 9.93. The van der Waals surface area contributed by atoms with E-state index in [2.05, 4.69) is 34.6 Å². The average molecular weight is 382 g/mol. The lowest BCUT2D eigenvalue weighted by Gasteiger charge is -2.27. The minimum Gasteiger partial charge on any atom is -0.497 e. The predicted octanol–water partition coefficient (Wildman–Crippen LogP) is 5.33. The molecule has 0 saturated heterocycles. The first kappa shape index (κ1) is 17.6. The molecular weight excluding hydrogens is 360 g/mol. The Morgan fingerprint density at radius 3 is 2.55 bits per heavy atom. The molecule has 2 heterocycles. The highest BCUT2D eigenvalue weighted by Gasteiger charge is 2.20. The fourth-order valence-corrected chi connectivity index (χ4v) is 3.59. The first-order chi connectivity index (χ1) is 14.3. The summed E-state index contributed by atoms with van der Waals surface area (Å²) in [5, 5.41) is 4.67. The maximum atomic E-state index is 5.38. The second kappa shape index (κ2) is 7.51. The van der Waals surface area contributed by atoms with Crippen molar-refractivity contribution in [1.29, 1.82) is 0 Å². The summed E-state index contributed by atoms with van der Waals surface area (Å²) in [4.78, 5) is 13.9. The fraction of sp³-hybridized carbons (Fsp3) is 0.208. The van der Waals surface area contributed by atoms with Crippen molar-refractivity contribution in [2.24, 2.45) is 0 Å². The number of nitrogens with one attached hydrogen (secondary N) is 1. The monoisotopic (exact) mass is 382 g/mol. The summed E-state index contributed by atoms with van der Waals surface area (Å²) in [6.07, 6.45) is 7.20. The van der Waals surface area contributed by atoms with Gasteiger partial charge in [-0.1, -0.05) is 18.2 Å². The number of methoxy groups -OCH3 is 1. The van der Waals surface area contributed by atoms with Crippen LogP contribution in [0.1, 0.15) is 19.3 Å². The van der Waals surface area contributed by atoms with Gasteiger partial charge in [0.25, 0.3) is 0 Å². The molecule has 0 amide bonds. The Bertz CT molecular complexity index is 1160. The van der Waals surface area contributed by atoms with Gasteiger partial charge < -0.3 is 10.1 Å². The smallest absolute Gasteiger partial charge is 0.163 e. The van der Waals surface area contributed by atoms with Crippen LogP contribution >= 0.6 is 0 Å². The second-order valence-electron chi connectivity index (χ2n) is 7.37. The van der Waals surface area contributed by atoms with E-state index in [0.717, 1.165) is 39.2 Å². The van der Waals surface area contributed by atoms with Gasteiger partial charge in [-0.15, -0.1) is 0 Å². The lowest BCUT2D eigenvalue weighted by atomic mass is 9.93. The van der Waals surface area contributed by atoms with Crippen LogP contribution in [0.25, 0.3) is 33.4 Å². The van der Waals surface area contributed by atoms with Crippen LogP contribution in [0.3, 0.4) is 0 Å². The Hall–Kier alpha value is -3.47. The molecule has 5 nitrogen and oxygen atoms in total. The molecule has 0 bridgehead atoms. The van der Waals surface area contributed by atoms with E-state index in [4.69, 9.17) is 14.7 Å². The van der Waals surface area contributed by atoms with Gasteiger partial charge in [0.05, 0.1) is 12.6 Å². The van der Waals surface area contributed by atoms with Crippen molar-refractivity contribution in [3.8, 4) is 28.3 Å². The van der Waals surface area contributed by atoms with Crippen molar-refractivity contribution in [2.45, 2.75) is 25.3 Å². The van der Waals surface area contributed by atoms with Gasteiger partial charge in [0.15, 0.2) is 5.82 Å². The minimum atomic E-state index is 0.482. The molecule has 2 aromatic heterocycles. The largest absolute Gasteiger partial charge is 0.497 e. The Morgan fingerprint density at radius 2 is 1.79 bits per heavy atom. The molecule has 5 rings (SSSR count). The average Bonchev–Trinajstić information content (AvgIpc) is 2.76. The number of rotatable bonds is 5. The molecule has 0 atom stereocenters. The SMILES string of the molecule is COc1cccc(-c2ccc3nc(-c4cccnc4)nc(NC4CCC4)c3c2)c1. The van der Waals surface area contributed by atoms with Crippen LogP contribution in [0, 0.1) is 0 Å². The molecule has 0 radical (unpaired) electrons. The van der Waals surface area contributed by atoms with Crippen molar-refractivity contribution in [1.82, 2.24) is 15.0 Å². The van der Waals surface area contributed by atoms with E-state index in [1.54, 1.807) is 19.5 Å². The van der Waals surface area contributed by atoms with Gasteiger partial charge in [-0.25, -0.2) is 9.97 Å². The number of anilines is 1. The van der Waals surface area contributed by atoms with Crippen molar-refractivity contribution in [2.75, 3.05) is 12.4 Å². The minimum absolute atomic E-state index is 0.482. The third-order valence-electron chi connectivity index (χ3n) is 5.46. The number of benzene rings is 2. The number of hydrogen-bond acceptors (Lipinski definition) is 5. The topological polar surface area (TPSA) is 59.9 Å². The van der Waals surface area contributed by atoms with Crippen LogP contribution in [0.2, 0.25) is 0 Å². The highest BCUT2D eigenvalue weighted by Crippen LogP contribution is 2.32. The van der Waals surface area contributed by atoms with Crippen LogP contribution in [0.15, 0.2) is 67.0 Å². The zero-order valence-electron chi connectivity index (χ0n) is 16.3. The summed E-state index contributed by atoms with van der Waals surface area (Å²) in [6.45, 7) is 0. The van der Waals surface area contributed by atoms with E-state index in [1.807, 2.05) is 30.3 Å². The first-order valence-corrected chi connectivity index (χ1v) is 9.93. The van der Waals surface area contributed by atoms with Crippen molar-refractivity contribution >= 4 is 16.7 Å². The molecule has 4 aromatic rings. The summed E-state index contributed by atoms with van der Waals surface area (Å²) in [6, 6.07) is 18.8. The van der Waals surface area contributed by atoms with Gasteiger partial charge in [0.1, 0.15) is 11.6 Å². The summed E-state index contributed by atoms with van der Waals surface area (Å²) < 4.78 is 5.38. The molecule has 5 heteroatoms. The maximum absolute atomic E-state index is 5.38. The number of pyridine rings is 1. The molecule has 1 fully saturated rings. The van der Waals surface area contributed by atoms with Gasteiger partial charge in [-0.05, 0) is 66.8 Å². The van der Waals surface area contributed by atoms with Gasteiger partial charge in [0.2, 0.25) is 0 Å². The molecule has 0 unspecified atom stereocenters. The Kier molecular flexibility index (Phi) is 4.56. The van der Waals surface area contributed by atoms with E-state index >= 15 is 0 Å². The summed E-state index contributed by atoms with van der Waals surface area (Å²) in [7, 11) is 1.69. The van der Waals surface area contributed by atoms with Gasteiger partial charge >= 0.3 is 0 Å². The zero-order chi connectivity index (χ0) is 19.6. The van der Waals surface area contributed by atoms with Gasteiger partial charge in [-0.3, -0.25) is 4.98 Å². The Labute approximate surface area is 169 Å². The number of nitrogens with zero attached hydrogens (tertiary/aromatic N) is 3. The van der Waals surface area contributed by atoms with Gasteiger partial charge in [0, 0.05) is 29.4 Å².